The number of pyridine rings is 1. The van der Waals surface area contributed by atoms with Gasteiger partial charge in [-0.1, -0.05) is 6.07 Å². The Morgan fingerprint density at radius 2 is 1.87 bits per heavy atom. The summed E-state index contributed by atoms with van der Waals surface area (Å²) in [5.41, 5.74) is 1.45. The molecule has 4 aliphatic rings. The molecule has 4 heteroatoms. The largest absolute Gasteiger partial charge is 0.357 e. The van der Waals surface area contributed by atoms with Crippen LogP contribution in [0.1, 0.15) is 44.2 Å². The number of hydrogen-bond acceptors (Lipinski definition) is 2. The first kappa shape index (κ1) is 15.4. The van der Waals surface area contributed by atoms with E-state index in [1.807, 2.05) is 18.3 Å². The Labute approximate surface area is 144 Å². The highest BCUT2D eigenvalue weighted by molar-refractivity contribution is 7.80. The molecule has 3 nitrogen and oxygen atoms in total. The zero-order valence-electron chi connectivity index (χ0n) is 14.0. The van der Waals surface area contributed by atoms with E-state index in [0.717, 1.165) is 41.5 Å². The van der Waals surface area contributed by atoms with Crippen LogP contribution in [0.4, 0.5) is 0 Å². The van der Waals surface area contributed by atoms with Crippen LogP contribution >= 0.6 is 12.2 Å². The van der Waals surface area contributed by atoms with Crippen LogP contribution in [0, 0.1) is 17.8 Å². The molecule has 4 saturated carbocycles. The van der Waals surface area contributed by atoms with E-state index in [1.54, 1.807) is 0 Å². The van der Waals surface area contributed by atoms with E-state index >= 15 is 0 Å². The van der Waals surface area contributed by atoms with Crippen molar-refractivity contribution in [3.05, 3.63) is 30.1 Å². The van der Waals surface area contributed by atoms with E-state index in [2.05, 4.69) is 28.3 Å². The zero-order chi connectivity index (χ0) is 15.9. The Hall–Kier alpha value is -1.16. The van der Waals surface area contributed by atoms with Crippen molar-refractivity contribution in [2.75, 3.05) is 13.6 Å². The van der Waals surface area contributed by atoms with Gasteiger partial charge in [0.05, 0.1) is 0 Å². The molecule has 0 aromatic carbocycles. The van der Waals surface area contributed by atoms with Crippen molar-refractivity contribution in [3.63, 3.8) is 0 Å². The number of hydrogen-bond donors (Lipinski definition) is 1. The highest BCUT2D eigenvalue weighted by Gasteiger charge is 2.51. The maximum Gasteiger partial charge on any atom is 0.169 e. The van der Waals surface area contributed by atoms with E-state index in [-0.39, 0.29) is 0 Å². The second kappa shape index (κ2) is 6.04. The second-order valence-corrected chi connectivity index (χ2v) is 8.51. The summed E-state index contributed by atoms with van der Waals surface area (Å²) in [5.74, 6) is 2.86. The second-order valence-electron chi connectivity index (χ2n) is 8.12. The molecule has 5 rings (SSSR count). The monoisotopic (exact) mass is 329 g/mol. The normalized spacial score (nSPS) is 34.4. The molecule has 0 amide bonds. The lowest BCUT2D eigenvalue weighted by Crippen LogP contribution is -2.61. The Balaban J connectivity index is 1.34. The molecule has 1 aromatic rings. The Morgan fingerprint density at radius 3 is 2.43 bits per heavy atom. The average molecular weight is 330 g/mol. The van der Waals surface area contributed by atoms with Crippen LogP contribution in [0.2, 0.25) is 0 Å². The molecule has 0 radical (unpaired) electrons. The molecule has 0 spiro atoms. The van der Waals surface area contributed by atoms with Gasteiger partial charge in [0.25, 0.3) is 0 Å². The fourth-order valence-electron chi connectivity index (χ4n) is 5.52. The molecule has 1 aromatic heterocycles. The topological polar surface area (TPSA) is 28.2 Å². The van der Waals surface area contributed by atoms with E-state index in [9.17, 15) is 0 Å². The average Bonchev–Trinajstić information content (AvgIpc) is 2.51. The Morgan fingerprint density at radius 1 is 1.22 bits per heavy atom. The number of aromatic nitrogens is 1. The first-order chi connectivity index (χ1) is 11.1. The van der Waals surface area contributed by atoms with Gasteiger partial charge in [-0.15, -0.1) is 0 Å². The van der Waals surface area contributed by atoms with Crippen molar-refractivity contribution in [1.82, 2.24) is 15.2 Å². The van der Waals surface area contributed by atoms with Gasteiger partial charge >= 0.3 is 0 Å². The maximum atomic E-state index is 5.72. The number of thiocarbonyl (C=S) groups is 1. The van der Waals surface area contributed by atoms with E-state index in [1.165, 1.54) is 38.5 Å². The predicted octanol–water partition coefficient (Wildman–Crippen LogP) is 3.40. The fraction of sp³-hybridized carbons (Fsp3) is 0.684. The van der Waals surface area contributed by atoms with Crippen molar-refractivity contribution in [1.29, 1.82) is 0 Å². The lowest BCUT2D eigenvalue weighted by molar-refractivity contribution is -0.0110. The maximum absolute atomic E-state index is 5.72. The number of nitrogens with one attached hydrogen (secondary N) is 1. The van der Waals surface area contributed by atoms with Crippen LogP contribution in [-0.2, 0) is 6.42 Å². The molecule has 0 aliphatic heterocycles. The Kier molecular flexibility index (Phi) is 4.04. The van der Waals surface area contributed by atoms with Gasteiger partial charge in [-0.25, -0.2) is 0 Å². The molecule has 0 atom stereocenters. The predicted molar refractivity (Wildman–Crippen MR) is 97.2 cm³/mol. The summed E-state index contributed by atoms with van der Waals surface area (Å²) in [5, 5.41) is 4.73. The van der Waals surface area contributed by atoms with Crippen molar-refractivity contribution in [3.8, 4) is 0 Å². The fourth-order valence-corrected chi connectivity index (χ4v) is 5.82. The first-order valence-electron chi connectivity index (χ1n) is 9.05. The highest BCUT2D eigenvalue weighted by Crippen LogP contribution is 2.55. The van der Waals surface area contributed by atoms with E-state index in [0.29, 0.717) is 5.54 Å². The summed E-state index contributed by atoms with van der Waals surface area (Å²) in [6.07, 6.45) is 11.3. The van der Waals surface area contributed by atoms with Crippen LogP contribution in [0.15, 0.2) is 24.4 Å². The molecule has 4 bridgehead atoms. The first-order valence-corrected chi connectivity index (χ1v) is 9.46. The van der Waals surface area contributed by atoms with Gasteiger partial charge in [0.2, 0.25) is 0 Å². The smallest absolute Gasteiger partial charge is 0.169 e. The minimum atomic E-state index is 0.311. The van der Waals surface area contributed by atoms with Crippen LogP contribution in [0.25, 0.3) is 0 Å². The van der Waals surface area contributed by atoms with Gasteiger partial charge < -0.3 is 10.2 Å². The lowest BCUT2D eigenvalue weighted by Gasteiger charge is -2.57. The quantitative estimate of drug-likeness (QED) is 0.857. The highest BCUT2D eigenvalue weighted by atomic mass is 32.1. The third-order valence-corrected chi connectivity index (χ3v) is 6.60. The summed E-state index contributed by atoms with van der Waals surface area (Å²) < 4.78 is 0. The van der Waals surface area contributed by atoms with Gasteiger partial charge in [-0.3, -0.25) is 4.98 Å². The van der Waals surface area contributed by atoms with Crippen molar-refractivity contribution < 1.29 is 0 Å². The van der Waals surface area contributed by atoms with Crippen molar-refractivity contribution >= 4 is 17.3 Å². The molecule has 23 heavy (non-hydrogen) atoms. The molecule has 4 aliphatic carbocycles. The summed E-state index contributed by atoms with van der Waals surface area (Å²) in [6.45, 7) is 0.926. The standard InChI is InChI=1S/C19H27N3S/c1-22(7-5-17-4-2-3-6-20-17)18(23)21-19-11-14-8-15(12-19)10-16(9-14)13-19/h2-4,6,14-16H,5,7-13H2,1H3,(H,21,23). The molecular weight excluding hydrogens is 302 g/mol. The van der Waals surface area contributed by atoms with Crippen LogP contribution in [0.5, 0.6) is 0 Å². The molecular formula is C19H27N3S. The number of nitrogens with zero attached hydrogens (tertiary/aromatic N) is 2. The molecule has 124 valence electrons. The minimum absolute atomic E-state index is 0.311. The molecule has 1 heterocycles. The number of rotatable bonds is 4. The molecule has 4 fully saturated rings. The molecule has 0 unspecified atom stereocenters. The SMILES string of the molecule is CN(CCc1ccccn1)C(=S)NC12CC3CC(CC(C3)C1)C2. The van der Waals surface area contributed by atoms with Gasteiger partial charge in [-0.2, -0.15) is 0 Å². The van der Waals surface area contributed by atoms with Gasteiger partial charge in [-0.05, 0) is 80.6 Å². The summed E-state index contributed by atoms with van der Waals surface area (Å²) in [7, 11) is 2.11. The summed E-state index contributed by atoms with van der Waals surface area (Å²) in [4.78, 5) is 6.60. The summed E-state index contributed by atoms with van der Waals surface area (Å²) >= 11 is 5.72. The summed E-state index contributed by atoms with van der Waals surface area (Å²) in [6, 6.07) is 6.10. The van der Waals surface area contributed by atoms with Crippen molar-refractivity contribution in [2.24, 2.45) is 17.8 Å². The molecule has 0 saturated heterocycles. The third-order valence-electron chi connectivity index (χ3n) is 6.19. The number of likely N-dealkylation sites (N-methyl/N-ethyl adjacent to an activating group) is 1. The van der Waals surface area contributed by atoms with E-state index in [4.69, 9.17) is 12.2 Å². The van der Waals surface area contributed by atoms with Crippen molar-refractivity contribution in [2.45, 2.75) is 50.5 Å². The Bertz CT molecular complexity index is 536. The minimum Gasteiger partial charge on any atom is -0.357 e. The lowest BCUT2D eigenvalue weighted by atomic mass is 9.53. The van der Waals surface area contributed by atoms with Gasteiger partial charge in [0, 0.05) is 37.4 Å². The van der Waals surface area contributed by atoms with Crippen LogP contribution < -0.4 is 5.32 Å². The van der Waals surface area contributed by atoms with Gasteiger partial charge in [0.1, 0.15) is 0 Å². The van der Waals surface area contributed by atoms with Crippen LogP contribution in [-0.4, -0.2) is 34.1 Å². The van der Waals surface area contributed by atoms with E-state index < -0.39 is 0 Å². The molecule has 1 N–H and O–H groups in total. The third kappa shape index (κ3) is 3.23. The van der Waals surface area contributed by atoms with Crippen LogP contribution in [0.3, 0.4) is 0 Å². The van der Waals surface area contributed by atoms with Gasteiger partial charge in [0.15, 0.2) is 5.11 Å². The zero-order valence-corrected chi connectivity index (χ0v) is 14.8.